The molecule has 1 fully saturated rings. The molecule has 0 aromatic heterocycles. The molecule has 0 amide bonds. The van der Waals surface area contributed by atoms with E-state index in [0.717, 1.165) is 42.9 Å². The van der Waals surface area contributed by atoms with Crippen molar-refractivity contribution in [3.8, 4) is 11.8 Å². The number of halogens is 1. The summed E-state index contributed by atoms with van der Waals surface area (Å²) in [5.41, 5.74) is 1.80. The van der Waals surface area contributed by atoms with Gasteiger partial charge in [0, 0.05) is 36.2 Å². The van der Waals surface area contributed by atoms with E-state index in [-0.39, 0.29) is 12.4 Å². The van der Waals surface area contributed by atoms with E-state index in [1.54, 1.807) is 0 Å². The van der Waals surface area contributed by atoms with Crippen molar-refractivity contribution in [2.75, 3.05) is 19.8 Å². The lowest BCUT2D eigenvalue weighted by Crippen LogP contribution is -2.17. The maximum atomic E-state index is 13.3. The lowest BCUT2D eigenvalue weighted by Gasteiger charge is -2.21. The zero-order valence-corrected chi connectivity index (χ0v) is 12.2. The lowest BCUT2D eigenvalue weighted by molar-refractivity contribution is 0.1000. The van der Waals surface area contributed by atoms with Crippen molar-refractivity contribution in [3.05, 3.63) is 35.1 Å². The summed E-state index contributed by atoms with van der Waals surface area (Å²) in [5.74, 6) is 6.39. The number of benzene rings is 1. The normalized spacial score (nSPS) is 15.7. The summed E-state index contributed by atoms with van der Waals surface area (Å²) < 4.78 is 18.7. The van der Waals surface area contributed by atoms with E-state index in [4.69, 9.17) is 9.84 Å². The molecule has 0 aliphatic carbocycles. The Hall–Kier alpha value is -1.02. The molecule has 1 saturated heterocycles. The summed E-state index contributed by atoms with van der Waals surface area (Å²) in [4.78, 5) is 0. The van der Waals surface area contributed by atoms with Gasteiger partial charge in [0.1, 0.15) is 5.82 Å². The van der Waals surface area contributed by atoms with Gasteiger partial charge < -0.3 is 9.84 Å². The second-order valence-corrected chi connectivity index (χ2v) is 5.99. The van der Waals surface area contributed by atoms with Crippen LogP contribution in [0.15, 0.2) is 18.2 Å². The number of hydrogen-bond acceptors (Lipinski definition) is 3. The Bertz CT molecular complexity index is 487. The van der Waals surface area contributed by atoms with Gasteiger partial charge in [0.25, 0.3) is 0 Å². The Morgan fingerprint density at radius 2 is 2.15 bits per heavy atom. The Labute approximate surface area is 123 Å². The number of hydrogen-bond donors (Lipinski definition) is 1. The first-order valence-corrected chi connectivity index (χ1v) is 7.92. The van der Waals surface area contributed by atoms with Gasteiger partial charge in [-0.2, -0.15) is 11.8 Å². The predicted molar refractivity (Wildman–Crippen MR) is 80.1 cm³/mol. The van der Waals surface area contributed by atoms with Crippen molar-refractivity contribution in [2.45, 2.75) is 30.3 Å². The molecule has 2 nitrogen and oxygen atoms in total. The summed E-state index contributed by atoms with van der Waals surface area (Å²) in [6.07, 6.45) is 2.58. The van der Waals surface area contributed by atoms with Gasteiger partial charge in [0.15, 0.2) is 0 Å². The summed E-state index contributed by atoms with van der Waals surface area (Å²) in [5, 5.41) is 9.37. The van der Waals surface area contributed by atoms with Crippen LogP contribution in [0, 0.1) is 17.7 Å². The molecule has 20 heavy (non-hydrogen) atoms. The van der Waals surface area contributed by atoms with Crippen LogP contribution in [0.3, 0.4) is 0 Å². The van der Waals surface area contributed by atoms with Gasteiger partial charge in [-0.3, -0.25) is 0 Å². The van der Waals surface area contributed by atoms with Gasteiger partial charge in [-0.05, 0) is 30.5 Å². The quantitative estimate of drug-likeness (QED) is 0.866. The Balaban J connectivity index is 2.00. The first-order valence-electron chi connectivity index (χ1n) is 6.87. The van der Waals surface area contributed by atoms with Gasteiger partial charge in [-0.25, -0.2) is 4.39 Å². The third-order valence-corrected chi connectivity index (χ3v) is 4.60. The minimum atomic E-state index is -0.266. The molecular weight excluding hydrogens is 275 g/mol. The van der Waals surface area contributed by atoms with Gasteiger partial charge in [0.2, 0.25) is 0 Å². The van der Waals surface area contributed by atoms with E-state index >= 15 is 0 Å². The fourth-order valence-electron chi connectivity index (χ4n) is 2.05. The molecule has 1 aliphatic heterocycles. The number of rotatable bonds is 4. The van der Waals surface area contributed by atoms with E-state index in [0.29, 0.717) is 11.7 Å². The molecule has 0 spiro atoms. The molecule has 1 aliphatic rings. The average molecular weight is 294 g/mol. The Kier molecular flexibility index (Phi) is 6.38. The Morgan fingerprint density at radius 3 is 2.90 bits per heavy atom. The summed E-state index contributed by atoms with van der Waals surface area (Å²) in [7, 11) is 0. The summed E-state index contributed by atoms with van der Waals surface area (Å²) >= 11 is 1.89. The van der Waals surface area contributed by atoms with Crippen LogP contribution in [0.2, 0.25) is 0 Å². The van der Waals surface area contributed by atoms with Crippen LogP contribution in [0.1, 0.15) is 30.4 Å². The number of thioether (sulfide) groups is 1. The van der Waals surface area contributed by atoms with Crippen LogP contribution in [0.5, 0.6) is 0 Å². The zero-order chi connectivity index (χ0) is 14.2. The fourth-order valence-corrected chi connectivity index (χ4v) is 3.25. The summed E-state index contributed by atoms with van der Waals surface area (Å²) in [6.45, 7) is 1.71. The molecule has 1 N–H and O–H groups in total. The highest BCUT2D eigenvalue weighted by atomic mass is 32.2. The van der Waals surface area contributed by atoms with Crippen LogP contribution in [0.4, 0.5) is 4.39 Å². The lowest BCUT2D eigenvalue weighted by atomic mass is 10.1. The van der Waals surface area contributed by atoms with Gasteiger partial charge in [-0.1, -0.05) is 17.9 Å². The van der Waals surface area contributed by atoms with Crippen LogP contribution >= 0.6 is 11.8 Å². The first-order chi connectivity index (χ1) is 9.79. The predicted octanol–water partition coefficient (Wildman–Crippen LogP) is 2.97. The number of aliphatic hydroxyl groups is 1. The van der Waals surface area contributed by atoms with E-state index in [1.807, 2.05) is 17.8 Å². The molecule has 108 valence electrons. The van der Waals surface area contributed by atoms with E-state index < -0.39 is 0 Å². The molecule has 1 aromatic carbocycles. The molecule has 0 atom stereocenters. The molecule has 2 rings (SSSR count). The van der Waals surface area contributed by atoms with Gasteiger partial charge in [-0.15, -0.1) is 0 Å². The van der Waals surface area contributed by atoms with Crippen molar-refractivity contribution in [1.82, 2.24) is 0 Å². The largest absolute Gasteiger partial charge is 0.395 e. The second kappa shape index (κ2) is 8.31. The topological polar surface area (TPSA) is 29.5 Å². The van der Waals surface area contributed by atoms with Gasteiger partial charge in [0.05, 0.1) is 6.61 Å². The third kappa shape index (κ3) is 4.82. The molecule has 1 aromatic rings. The van der Waals surface area contributed by atoms with Crippen molar-refractivity contribution in [2.24, 2.45) is 0 Å². The minimum absolute atomic E-state index is 0.0362. The molecule has 0 saturated carbocycles. The van der Waals surface area contributed by atoms with Gasteiger partial charge >= 0.3 is 0 Å². The highest BCUT2D eigenvalue weighted by molar-refractivity contribution is 7.99. The SMILES string of the molecule is OCCC#Cc1cc(F)ccc1CSC1CCOCC1. The monoisotopic (exact) mass is 294 g/mol. The highest BCUT2D eigenvalue weighted by Gasteiger charge is 2.14. The molecule has 0 unspecified atom stereocenters. The Morgan fingerprint density at radius 1 is 1.35 bits per heavy atom. The number of ether oxygens (including phenoxy) is 1. The minimum Gasteiger partial charge on any atom is -0.395 e. The van der Waals surface area contributed by atoms with Crippen molar-refractivity contribution >= 4 is 11.8 Å². The molecule has 0 radical (unpaired) electrons. The van der Waals surface area contributed by atoms with Crippen LogP contribution < -0.4 is 0 Å². The first kappa shape index (κ1) is 15.4. The van der Waals surface area contributed by atoms with Crippen LogP contribution in [-0.4, -0.2) is 30.2 Å². The third-order valence-electron chi connectivity index (χ3n) is 3.17. The van der Waals surface area contributed by atoms with Crippen LogP contribution in [-0.2, 0) is 10.5 Å². The zero-order valence-electron chi connectivity index (χ0n) is 11.4. The van der Waals surface area contributed by atoms with E-state index in [9.17, 15) is 4.39 Å². The molecule has 1 heterocycles. The van der Waals surface area contributed by atoms with Crippen LogP contribution in [0.25, 0.3) is 0 Å². The fraction of sp³-hybridized carbons (Fsp3) is 0.500. The maximum Gasteiger partial charge on any atom is 0.124 e. The van der Waals surface area contributed by atoms with Crippen molar-refractivity contribution in [3.63, 3.8) is 0 Å². The smallest absolute Gasteiger partial charge is 0.124 e. The molecular formula is C16H19FO2S. The number of aliphatic hydroxyl groups excluding tert-OH is 1. The molecule has 4 heteroatoms. The van der Waals surface area contributed by atoms with E-state index in [1.165, 1.54) is 12.1 Å². The van der Waals surface area contributed by atoms with E-state index in [2.05, 4.69) is 11.8 Å². The molecule has 0 bridgehead atoms. The maximum absolute atomic E-state index is 13.3. The second-order valence-electron chi connectivity index (χ2n) is 4.70. The summed E-state index contributed by atoms with van der Waals surface area (Å²) in [6, 6.07) is 4.77. The van der Waals surface area contributed by atoms with Crippen molar-refractivity contribution in [1.29, 1.82) is 0 Å². The average Bonchev–Trinajstić information content (AvgIpc) is 2.48. The standard InChI is InChI=1S/C16H19FO2S/c17-15-5-4-14(13(11-15)3-1-2-8-18)12-20-16-6-9-19-10-7-16/h4-5,11,16,18H,2,6-10,12H2. The highest BCUT2D eigenvalue weighted by Crippen LogP contribution is 2.27. The van der Waals surface area contributed by atoms with Crippen molar-refractivity contribution < 1.29 is 14.2 Å².